The van der Waals surface area contributed by atoms with Crippen LogP contribution in [0.5, 0.6) is 0 Å². The van der Waals surface area contributed by atoms with Gasteiger partial charge in [-0.3, -0.25) is 0 Å². The van der Waals surface area contributed by atoms with E-state index in [-0.39, 0.29) is 0 Å². The Morgan fingerprint density at radius 3 is 1.66 bits per heavy atom. The fourth-order valence-corrected chi connectivity index (χ4v) is 9.35. The first-order chi connectivity index (χ1) is 29.3. The molecule has 0 radical (unpaired) electrons. The molecule has 0 amide bonds. The van der Waals surface area contributed by atoms with Crippen LogP contribution in [0, 0.1) is 0 Å². The Morgan fingerprint density at radius 1 is 0.373 bits per heavy atom. The highest BCUT2D eigenvalue weighted by atomic mass is 16.3. The largest absolute Gasteiger partial charge is 0.455 e. The lowest BCUT2D eigenvalue weighted by Gasteiger charge is -2.29. The first-order valence-electron chi connectivity index (χ1n) is 20.2. The summed E-state index contributed by atoms with van der Waals surface area (Å²) in [6.07, 6.45) is 0. The zero-order chi connectivity index (χ0) is 38.9. The van der Waals surface area contributed by atoms with E-state index in [1.54, 1.807) is 0 Å². The summed E-state index contributed by atoms with van der Waals surface area (Å²) < 4.78 is 9.07. The second-order valence-corrected chi connectivity index (χ2v) is 15.3. The number of hydrogen-bond acceptors (Lipinski definition) is 2. The molecule has 0 spiro atoms. The number of furan rings is 1. The second-order valence-electron chi connectivity index (χ2n) is 15.3. The molecule has 2 heterocycles. The van der Waals surface area contributed by atoms with Crippen molar-refractivity contribution in [3.05, 3.63) is 218 Å². The third-order valence-electron chi connectivity index (χ3n) is 12.0. The van der Waals surface area contributed by atoms with Gasteiger partial charge in [0.2, 0.25) is 0 Å². The third kappa shape index (κ3) is 5.29. The smallest absolute Gasteiger partial charge is 0.143 e. The van der Waals surface area contributed by atoms with E-state index < -0.39 is 0 Å². The molecule has 59 heavy (non-hydrogen) atoms. The summed E-state index contributed by atoms with van der Waals surface area (Å²) in [5, 5.41) is 9.47. The van der Waals surface area contributed by atoms with Gasteiger partial charge in [-0.1, -0.05) is 158 Å². The molecule has 0 saturated carbocycles. The normalized spacial score (nSPS) is 11.7. The van der Waals surface area contributed by atoms with Gasteiger partial charge in [-0.15, -0.1) is 0 Å². The van der Waals surface area contributed by atoms with Crippen LogP contribution in [0.4, 0.5) is 17.1 Å². The molecule has 276 valence electrons. The van der Waals surface area contributed by atoms with E-state index in [9.17, 15) is 0 Å². The number of benzene rings is 10. The summed E-state index contributed by atoms with van der Waals surface area (Å²) in [6.45, 7) is 0. The van der Waals surface area contributed by atoms with Crippen molar-refractivity contribution in [1.82, 2.24) is 4.57 Å². The van der Waals surface area contributed by atoms with Gasteiger partial charge in [0.15, 0.2) is 0 Å². The van der Waals surface area contributed by atoms with Crippen molar-refractivity contribution in [3.63, 3.8) is 0 Å². The lowest BCUT2D eigenvalue weighted by molar-refractivity contribution is 0.673. The average Bonchev–Trinajstić information content (AvgIpc) is 3.86. The maximum atomic E-state index is 6.64. The Bertz CT molecular complexity index is 3530. The average molecular weight is 753 g/mol. The lowest BCUT2D eigenvalue weighted by atomic mass is 9.97. The maximum Gasteiger partial charge on any atom is 0.143 e. The summed E-state index contributed by atoms with van der Waals surface area (Å²) in [4.78, 5) is 2.43. The molecule has 12 aromatic rings. The molecule has 0 atom stereocenters. The summed E-state index contributed by atoms with van der Waals surface area (Å²) in [7, 11) is 0. The van der Waals surface area contributed by atoms with Crippen molar-refractivity contribution in [2.24, 2.45) is 0 Å². The molecule has 12 rings (SSSR count). The van der Waals surface area contributed by atoms with Gasteiger partial charge < -0.3 is 13.9 Å². The molecule has 0 N–H and O–H groups in total. The highest BCUT2D eigenvalue weighted by Gasteiger charge is 2.22. The summed E-state index contributed by atoms with van der Waals surface area (Å²) in [5.74, 6) is 0. The first kappa shape index (κ1) is 33.3. The quantitative estimate of drug-likeness (QED) is 0.169. The van der Waals surface area contributed by atoms with Gasteiger partial charge in [-0.05, 0) is 99.1 Å². The molecule has 3 heteroatoms. The van der Waals surface area contributed by atoms with Crippen LogP contribution in [0.2, 0.25) is 0 Å². The second kappa shape index (κ2) is 13.4. The van der Waals surface area contributed by atoms with Gasteiger partial charge in [0.1, 0.15) is 11.2 Å². The van der Waals surface area contributed by atoms with Gasteiger partial charge in [-0.2, -0.15) is 0 Å². The summed E-state index contributed by atoms with van der Waals surface area (Å²) in [6, 6.07) is 78.8. The maximum absolute atomic E-state index is 6.64. The Hall–Kier alpha value is -7.88. The molecule has 0 saturated heterocycles. The van der Waals surface area contributed by atoms with E-state index in [1.165, 1.54) is 43.5 Å². The van der Waals surface area contributed by atoms with Crippen LogP contribution in [0.1, 0.15) is 0 Å². The standard InChI is InChI=1S/C56H36N2O/c1-3-22-43-37(15-1)17-13-26-44(43)39-18-11-20-41(35-39)57(52-30-9-10-31-53(52)58-50-28-7-5-24-47(50)48-25-6-8-29-51(48)58)42-21-12-19-40(36-42)45-27-14-32-54-55(45)49-34-33-38-16-2-4-23-46(38)56(49)59-54/h1-36H. The van der Waals surface area contributed by atoms with Crippen LogP contribution in [0.3, 0.4) is 0 Å². The van der Waals surface area contributed by atoms with E-state index >= 15 is 0 Å². The van der Waals surface area contributed by atoms with Crippen molar-refractivity contribution in [1.29, 1.82) is 0 Å². The molecule has 0 aliphatic heterocycles. The van der Waals surface area contributed by atoms with E-state index in [0.29, 0.717) is 0 Å². The Balaban J connectivity index is 1.11. The Kier molecular flexibility index (Phi) is 7.54. The Labute approximate surface area is 341 Å². The minimum atomic E-state index is 0.885. The SMILES string of the molecule is c1cc(-c2cccc3ccccc23)cc(N(c2cccc(-c3cccc4oc5c6ccccc6ccc5c34)c2)c2ccccc2-n2c3ccccc3c3ccccc32)c1. The Morgan fingerprint density at radius 2 is 0.915 bits per heavy atom. The number of aromatic nitrogens is 1. The van der Waals surface area contributed by atoms with Crippen LogP contribution in [0.15, 0.2) is 223 Å². The van der Waals surface area contributed by atoms with Crippen molar-refractivity contribution in [2.45, 2.75) is 0 Å². The number of anilines is 3. The highest BCUT2D eigenvalue weighted by molar-refractivity contribution is 6.19. The van der Waals surface area contributed by atoms with Crippen LogP contribution < -0.4 is 4.90 Å². The van der Waals surface area contributed by atoms with Crippen LogP contribution in [-0.4, -0.2) is 4.57 Å². The van der Waals surface area contributed by atoms with Gasteiger partial charge in [0.05, 0.1) is 22.4 Å². The molecule has 2 aromatic heterocycles. The van der Waals surface area contributed by atoms with Gasteiger partial charge in [0, 0.05) is 38.3 Å². The zero-order valence-electron chi connectivity index (χ0n) is 32.1. The zero-order valence-corrected chi connectivity index (χ0v) is 32.1. The number of para-hydroxylation sites is 4. The molecule has 0 fully saturated rings. The molecule has 3 nitrogen and oxygen atoms in total. The van der Waals surface area contributed by atoms with E-state index in [4.69, 9.17) is 4.42 Å². The highest BCUT2D eigenvalue weighted by Crippen LogP contribution is 2.45. The fraction of sp³-hybridized carbons (Fsp3) is 0. The van der Waals surface area contributed by atoms with Crippen LogP contribution >= 0.6 is 0 Å². The molecule has 0 aliphatic rings. The van der Waals surface area contributed by atoms with Crippen LogP contribution in [0.25, 0.3) is 93.2 Å². The fourth-order valence-electron chi connectivity index (χ4n) is 9.35. The molecule has 0 aliphatic carbocycles. The minimum Gasteiger partial charge on any atom is -0.455 e. The molecule has 10 aromatic carbocycles. The van der Waals surface area contributed by atoms with Gasteiger partial charge >= 0.3 is 0 Å². The lowest BCUT2D eigenvalue weighted by Crippen LogP contribution is -2.13. The summed E-state index contributed by atoms with van der Waals surface area (Å²) >= 11 is 0. The predicted octanol–water partition coefficient (Wildman–Crippen LogP) is 15.8. The first-order valence-corrected chi connectivity index (χ1v) is 20.2. The van der Waals surface area contributed by atoms with E-state index in [1.807, 2.05) is 0 Å². The molecular formula is C56H36N2O. The minimum absolute atomic E-state index is 0.885. The summed E-state index contributed by atoms with van der Waals surface area (Å²) in [5.41, 5.74) is 13.1. The molecular weight excluding hydrogens is 717 g/mol. The van der Waals surface area contributed by atoms with Crippen molar-refractivity contribution < 1.29 is 4.42 Å². The third-order valence-corrected chi connectivity index (χ3v) is 12.0. The van der Waals surface area contributed by atoms with Crippen molar-refractivity contribution >= 4 is 82.4 Å². The van der Waals surface area contributed by atoms with Crippen molar-refractivity contribution in [2.75, 3.05) is 4.90 Å². The molecule has 0 unspecified atom stereocenters. The number of hydrogen-bond donors (Lipinski definition) is 0. The van der Waals surface area contributed by atoms with Crippen molar-refractivity contribution in [3.8, 4) is 27.9 Å². The van der Waals surface area contributed by atoms with Gasteiger partial charge in [0.25, 0.3) is 0 Å². The number of rotatable bonds is 6. The monoisotopic (exact) mass is 752 g/mol. The van der Waals surface area contributed by atoms with Crippen LogP contribution in [-0.2, 0) is 0 Å². The number of nitrogens with zero attached hydrogens (tertiary/aromatic N) is 2. The number of fused-ring (bicyclic) bond motifs is 9. The predicted molar refractivity (Wildman–Crippen MR) is 249 cm³/mol. The van der Waals surface area contributed by atoms with E-state index in [2.05, 4.69) is 228 Å². The van der Waals surface area contributed by atoms with Gasteiger partial charge in [-0.25, -0.2) is 0 Å². The van der Waals surface area contributed by atoms with E-state index in [0.717, 1.165) is 66.8 Å². The topological polar surface area (TPSA) is 21.3 Å². The molecule has 0 bridgehead atoms.